The van der Waals surface area contributed by atoms with Crippen molar-refractivity contribution < 1.29 is 4.74 Å². The van der Waals surface area contributed by atoms with Crippen LogP contribution in [-0.4, -0.2) is 57.5 Å². The number of benzene rings is 1. The van der Waals surface area contributed by atoms with Crippen molar-refractivity contribution in [2.45, 2.75) is 6.67 Å². The molecule has 1 saturated heterocycles. The first-order chi connectivity index (χ1) is 13.2. The van der Waals surface area contributed by atoms with E-state index < -0.39 is 0 Å². The van der Waals surface area contributed by atoms with Crippen LogP contribution in [-0.2, 0) is 6.67 Å². The molecule has 7 nitrogen and oxygen atoms in total. The maximum atomic E-state index is 5.63. The average Bonchev–Trinajstić information content (AvgIpc) is 3.09. The fourth-order valence-electron chi connectivity index (χ4n) is 3.22. The fraction of sp³-hybridized carbons (Fsp3) is 0.316. The molecule has 0 bridgehead atoms. The van der Waals surface area contributed by atoms with Gasteiger partial charge in [0.25, 0.3) is 0 Å². The lowest BCUT2D eigenvalue weighted by atomic mass is 10.3. The Morgan fingerprint density at radius 2 is 1.93 bits per heavy atom. The summed E-state index contributed by atoms with van der Waals surface area (Å²) in [6.45, 7) is 4.47. The van der Waals surface area contributed by atoms with Crippen LogP contribution in [0, 0.1) is 4.77 Å². The topological polar surface area (TPSA) is 51.4 Å². The third-order valence-corrected chi connectivity index (χ3v) is 5.15. The van der Waals surface area contributed by atoms with E-state index in [1.165, 1.54) is 0 Å². The Morgan fingerprint density at radius 1 is 1.07 bits per heavy atom. The summed E-state index contributed by atoms with van der Waals surface area (Å²) in [6, 6.07) is 13.8. The van der Waals surface area contributed by atoms with Crippen molar-refractivity contribution in [1.29, 1.82) is 0 Å². The number of methoxy groups -OCH3 is 1. The quantitative estimate of drug-likeness (QED) is 0.632. The first-order valence-corrected chi connectivity index (χ1v) is 9.32. The van der Waals surface area contributed by atoms with Crippen LogP contribution in [0.15, 0.2) is 55.0 Å². The second-order valence-corrected chi connectivity index (χ2v) is 6.78. The summed E-state index contributed by atoms with van der Waals surface area (Å²) in [4.78, 5) is 9.11. The van der Waals surface area contributed by atoms with Crippen LogP contribution in [0.2, 0.25) is 0 Å². The van der Waals surface area contributed by atoms with E-state index in [9.17, 15) is 0 Å². The van der Waals surface area contributed by atoms with Crippen LogP contribution in [0.5, 0.6) is 5.75 Å². The lowest BCUT2D eigenvalue weighted by molar-refractivity contribution is 0.194. The minimum Gasteiger partial charge on any atom is -0.497 e. The molecule has 8 heteroatoms. The highest BCUT2D eigenvalue weighted by Crippen LogP contribution is 2.17. The van der Waals surface area contributed by atoms with Crippen LogP contribution in [0.4, 0.5) is 5.82 Å². The predicted molar refractivity (Wildman–Crippen MR) is 107 cm³/mol. The molecule has 1 aromatic carbocycles. The smallest absolute Gasteiger partial charge is 0.203 e. The van der Waals surface area contributed by atoms with Crippen molar-refractivity contribution in [3.05, 3.63) is 59.8 Å². The van der Waals surface area contributed by atoms with Gasteiger partial charge in [0.2, 0.25) is 4.77 Å². The molecule has 0 aliphatic carbocycles. The van der Waals surface area contributed by atoms with Gasteiger partial charge in [-0.1, -0.05) is 12.1 Å². The second-order valence-electron chi connectivity index (χ2n) is 6.42. The summed E-state index contributed by atoms with van der Waals surface area (Å²) >= 11 is 5.63. The zero-order valence-corrected chi connectivity index (χ0v) is 16.0. The number of aromatic nitrogens is 4. The van der Waals surface area contributed by atoms with E-state index in [2.05, 4.69) is 25.9 Å². The van der Waals surface area contributed by atoms with Gasteiger partial charge in [0, 0.05) is 38.4 Å². The molecule has 0 spiro atoms. The van der Waals surface area contributed by atoms with Gasteiger partial charge in [0.1, 0.15) is 17.9 Å². The summed E-state index contributed by atoms with van der Waals surface area (Å²) in [5.74, 6) is 1.84. The van der Waals surface area contributed by atoms with Gasteiger partial charge in [-0.3, -0.25) is 9.47 Å². The van der Waals surface area contributed by atoms with Gasteiger partial charge in [-0.25, -0.2) is 9.67 Å². The first kappa shape index (κ1) is 17.7. The van der Waals surface area contributed by atoms with Crippen molar-refractivity contribution in [3.8, 4) is 11.4 Å². The lowest BCUT2D eigenvalue weighted by Crippen LogP contribution is -2.47. The Hall–Kier alpha value is -2.71. The molecule has 0 radical (unpaired) electrons. The molecule has 1 aliphatic heterocycles. The maximum Gasteiger partial charge on any atom is 0.203 e. The molecule has 0 saturated carbocycles. The van der Waals surface area contributed by atoms with Gasteiger partial charge in [-0.05, 0) is 36.5 Å². The van der Waals surface area contributed by atoms with E-state index in [4.69, 9.17) is 17.0 Å². The fourth-order valence-corrected chi connectivity index (χ4v) is 3.48. The molecule has 4 rings (SSSR count). The Morgan fingerprint density at radius 3 is 2.67 bits per heavy atom. The average molecular weight is 382 g/mol. The van der Waals surface area contributed by atoms with Gasteiger partial charge in [-0.2, -0.15) is 5.10 Å². The van der Waals surface area contributed by atoms with Crippen molar-refractivity contribution in [2.75, 3.05) is 38.2 Å². The van der Waals surface area contributed by atoms with E-state index >= 15 is 0 Å². The van der Waals surface area contributed by atoms with E-state index in [0.29, 0.717) is 11.4 Å². The molecule has 1 aliphatic rings. The van der Waals surface area contributed by atoms with Crippen LogP contribution >= 0.6 is 12.2 Å². The Bertz CT molecular complexity index is 946. The molecule has 0 unspecified atom stereocenters. The number of hydrogen-bond acceptors (Lipinski definition) is 6. The number of rotatable bonds is 5. The molecular weight excluding hydrogens is 360 g/mol. The van der Waals surface area contributed by atoms with Crippen molar-refractivity contribution >= 4 is 18.0 Å². The third-order valence-electron chi connectivity index (χ3n) is 4.74. The highest BCUT2D eigenvalue weighted by molar-refractivity contribution is 7.71. The summed E-state index contributed by atoms with van der Waals surface area (Å²) in [5, 5.41) is 4.49. The van der Waals surface area contributed by atoms with Gasteiger partial charge < -0.3 is 9.64 Å². The molecule has 27 heavy (non-hydrogen) atoms. The van der Waals surface area contributed by atoms with Gasteiger partial charge in [0.15, 0.2) is 0 Å². The Balaban J connectivity index is 1.42. The number of hydrogen-bond donors (Lipinski definition) is 0. The molecule has 0 N–H and O–H groups in total. The predicted octanol–water partition coefficient (Wildman–Crippen LogP) is 2.59. The van der Waals surface area contributed by atoms with E-state index in [-0.39, 0.29) is 0 Å². The van der Waals surface area contributed by atoms with Crippen LogP contribution < -0.4 is 9.64 Å². The normalized spacial score (nSPS) is 15.1. The molecule has 0 atom stereocenters. The molecule has 3 aromatic rings. The summed E-state index contributed by atoms with van der Waals surface area (Å²) in [6.07, 6.45) is 3.60. The van der Waals surface area contributed by atoms with Gasteiger partial charge in [0.05, 0.1) is 19.5 Å². The van der Waals surface area contributed by atoms with Gasteiger partial charge in [-0.15, -0.1) is 0 Å². The van der Waals surface area contributed by atoms with E-state index in [1.54, 1.807) is 13.4 Å². The summed E-state index contributed by atoms with van der Waals surface area (Å²) in [5.41, 5.74) is 0.950. The van der Waals surface area contributed by atoms with Crippen molar-refractivity contribution in [3.63, 3.8) is 0 Å². The van der Waals surface area contributed by atoms with E-state index in [0.717, 1.165) is 43.4 Å². The van der Waals surface area contributed by atoms with E-state index in [1.807, 2.05) is 51.8 Å². The molecule has 0 amide bonds. The third kappa shape index (κ3) is 3.86. The Kier molecular flexibility index (Phi) is 5.17. The van der Waals surface area contributed by atoms with Crippen molar-refractivity contribution in [2.24, 2.45) is 0 Å². The largest absolute Gasteiger partial charge is 0.497 e. The highest BCUT2D eigenvalue weighted by atomic mass is 32.1. The zero-order chi connectivity index (χ0) is 18.6. The molecule has 1 fully saturated rings. The SMILES string of the molecule is COc1cccc(-n2cnn(CN3CCN(c4ccccn4)CC3)c2=S)c1. The molecule has 2 aromatic heterocycles. The van der Waals surface area contributed by atoms with Crippen molar-refractivity contribution in [1.82, 2.24) is 24.2 Å². The minimum atomic E-state index is 0.676. The number of anilines is 1. The zero-order valence-electron chi connectivity index (χ0n) is 15.2. The number of piperazine rings is 1. The molecule has 140 valence electrons. The van der Waals surface area contributed by atoms with Crippen LogP contribution in [0.3, 0.4) is 0 Å². The summed E-state index contributed by atoms with van der Waals surface area (Å²) < 4.78 is 9.75. The standard InChI is InChI=1S/C19H22N6OS/c1-26-17-6-4-5-16(13-17)24-14-21-25(19(24)27)15-22-9-11-23(12-10-22)18-7-2-3-8-20-18/h2-8,13-14H,9-12,15H2,1H3. The number of ether oxygens (including phenoxy) is 1. The summed E-state index contributed by atoms with van der Waals surface area (Å²) in [7, 11) is 1.66. The lowest BCUT2D eigenvalue weighted by Gasteiger charge is -2.35. The van der Waals surface area contributed by atoms with Gasteiger partial charge >= 0.3 is 0 Å². The minimum absolute atomic E-state index is 0.676. The first-order valence-electron chi connectivity index (χ1n) is 8.92. The van der Waals surface area contributed by atoms with Crippen LogP contribution in [0.1, 0.15) is 0 Å². The highest BCUT2D eigenvalue weighted by Gasteiger charge is 2.18. The maximum absolute atomic E-state index is 5.63. The van der Waals surface area contributed by atoms with Crippen LogP contribution in [0.25, 0.3) is 5.69 Å². The second kappa shape index (κ2) is 7.89. The molecular formula is C19H22N6OS. The monoisotopic (exact) mass is 382 g/mol. The number of pyridine rings is 1. The molecule has 3 heterocycles. The Labute approximate surface area is 163 Å². The number of nitrogens with zero attached hydrogens (tertiary/aromatic N) is 6.